The summed E-state index contributed by atoms with van der Waals surface area (Å²) in [6.07, 6.45) is 13.4. The van der Waals surface area contributed by atoms with Crippen LogP contribution in [0.25, 0.3) is 0 Å². The monoisotopic (exact) mass is 570 g/mol. The van der Waals surface area contributed by atoms with E-state index in [1.807, 2.05) is 25.2 Å². The van der Waals surface area contributed by atoms with Crippen LogP contribution in [0.3, 0.4) is 0 Å². The molecule has 1 aromatic carbocycles. The molecular formula is C27H30Cl4N2O3. The van der Waals surface area contributed by atoms with E-state index in [4.69, 9.17) is 51.2 Å². The van der Waals surface area contributed by atoms with Crippen LogP contribution < -0.4 is 0 Å². The number of aliphatic imine (C=N–C) groups is 1. The Kier molecular flexibility index (Phi) is 15.2. The summed E-state index contributed by atoms with van der Waals surface area (Å²) in [4.78, 5) is 9.21. The van der Waals surface area contributed by atoms with Crippen LogP contribution in [0.4, 0.5) is 0 Å². The summed E-state index contributed by atoms with van der Waals surface area (Å²) in [7, 11) is 0. The molecular weight excluding hydrogens is 542 g/mol. The maximum absolute atomic E-state index is 10.5. The van der Waals surface area contributed by atoms with Gasteiger partial charge in [-0.2, -0.15) is 0 Å². The first-order chi connectivity index (χ1) is 17.2. The van der Waals surface area contributed by atoms with Crippen LogP contribution in [0.5, 0.6) is 5.75 Å². The Labute approximate surface area is 233 Å². The van der Waals surface area contributed by atoms with Gasteiger partial charge in [0.05, 0.1) is 16.6 Å². The number of halogens is 4. The molecule has 9 heteroatoms. The van der Waals surface area contributed by atoms with Crippen LogP contribution >= 0.6 is 46.4 Å². The summed E-state index contributed by atoms with van der Waals surface area (Å²) in [6, 6.07) is 3.04. The Balaban J connectivity index is 0.000000497. The smallest absolute Gasteiger partial charge is 0.253 e. The third-order valence-electron chi connectivity index (χ3n) is 4.77. The zero-order valence-corrected chi connectivity index (χ0v) is 23.2. The lowest BCUT2D eigenvalue weighted by Gasteiger charge is -2.13. The summed E-state index contributed by atoms with van der Waals surface area (Å²) in [5.41, 5.74) is 3.62. The molecule has 194 valence electrons. The molecule has 2 N–H and O–H groups in total. The van der Waals surface area contributed by atoms with Gasteiger partial charge in [-0.1, -0.05) is 95.5 Å². The molecule has 0 aliphatic heterocycles. The average molecular weight is 572 g/mol. The van der Waals surface area contributed by atoms with E-state index >= 15 is 0 Å². The number of benzene rings is 1. The second kappa shape index (κ2) is 17.2. The maximum Gasteiger partial charge on any atom is 0.253 e. The van der Waals surface area contributed by atoms with Crippen LogP contribution in [0.15, 0.2) is 93.1 Å². The molecule has 0 fully saturated rings. The summed E-state index contributed by atoms with van der Waals surface area (Å²) < 4.78 is 0. The number of alkyl halides is 1. The number of phenols is 1. The van der Waals surface area contributed by atoms with E-state index in [0.717, 1.165) is 6.42 Å². The lowest BCUT2D eigenvalue weighted by molar-refractivity contribution is 0.217. The maximum atomic E-state index is 10.5. The van der Waals surface area contributed by atoms with Crippen LogP contribution in [-0.2, 0) is 11.4 Å². The number of rotatable bonds is 9. The van der Waals surface area contributed by atoms with E-state index in [9.17, 15) is 10.2 Å². The van der Waals surface area contributed by atoms with Gasteiger partial charge in [0.2, 0.25) is 0 Å². The summed E-state index contributed by atoms with van der Waals surface area (Å²) >= 11 is 23.3. The Hall–Kier alpha value is -2.28. The van der Waals surface area contributed by atoms with E-state index in [1.165, 1.54) is 23.3 Å². The first kappa shape index (κ1) is 31.7. The standard InChI is InChI=1S/C17H15Cl3N2O3.C10H15Cl/c1-21-25-17(15(23)11-3-2-4-12(18)6-5-11)22-9-10-7-13(19)16(24)14(20)8-10;1-4-10(5-2)7-6-9(3)8-11/h3-8,15,23-24H,1-2,9H2;4,6-7H,1,5,8H2,2-3H3/b;9-6+,10-7+. The molecule has 0 saturated heterocycles. The minimum Gasteiger partial charge on any atom is -0.505 e. The van der Waals surface area contributed by atoms with Crippen molar-refractivity contribution >= 4 is 59.0 Å². The van der Waals surface area contributed by atoms with Gasteiger partial charge in [-0.25, -0.2) is 4.99 Å². The zero-order chi connectivity index (χ0) is 27.1. The minimum absolute atomic E-state index is 0.0377. The number of aromatic hydroxyl groups is 1. The fourth-order valence-electron chi connectivity index (χ4n) is 2.70. The highest BCUT2D eigenvalue weighted by Crippen LogP contribution is 2.33. The Morgan fingerprint density at radius 3 is 2.39 bits per heavy atom. The third kappa shape index (κ3) is 11.2. The number of aliphatic hydroxyl groups is 1. The predicted molar refractivity (Wildman–Crippen MR) is 155 cm³/mol. The van der Waals surface area contributed by atoms with Crippen molar-refractivity contribution in [3.05, 3.63) is 98.6 Å². The summed E-state index contributed by atoms with van der Waals surface area (Å²) in [6.45, 7) is 11.2. The fourth-order valence-corrected chi connectivity index (χ4v) is 3.47. The third-order valence-corrected chi connectivity index (χ3v) is 6.04. The molecule has 1 unspecified atom stereocenters. The van der Waals surface area contributed by atoms with Crippen molar-refractivity contribution in [1.82, 2.24) is 0 Å². The van der Waals surface area contributed by atoms with Gasteiger partial charge in [0, 0.05) is 17.6 Å². The molecule has 1 aliphatic carbocycles. The average Bonchev–Trinajstić information content (AvgIpc) is 3.09. The Morgan fingerprint density at radius 1 is 1.17 bits per heavy atom. The van der Waals surface area contributed by atoms with Crippen molar-refractivity contribution in [3.8, 4) is 5.75 Å². The lowest BCUT2D eigenvalue weighted by atomic mass is 10.1. The molecule has 5 nitrogen and oxygen atoms in total. The van der Waals surface area contributed by atoms with Gasteiger partial charge >= 0.3 is 0 Å². The topological polar surface area (TPSA) is 74.4 Å². The number of nitrogens with zero attached hydrogens (tertiary/aromatic N) is 2. The molecule has 0 saturated carbocycles. The Morgan fingerprint density at radius 2 is 1.83 bits per heavy atom. The van der Waals surface area contributed by atoms with Crippen molar-refractivity contribution in [3.63, 3.8) is 0 Å². The van der Waals surface area contributed by atoms with Crippen LogP contribution in [-0.4, -0.2) is 34.8 Å². The van der Waals surface area contributed by atoms with Gasteiger partial charge in [0.1, 0.15) is 0 Å². The van der Waals surface area contributed by atoms with Gasteiger partial charge in [-0.05, 0) is 54.7 Å². The van der Waals surface area contributed by atoms with Crippen molar-refractivity contribution in [1.29, 1.82) is 0 Å². The Bertz CT molecular complexity index is 1080. The van der Waals surface area contributed by atoms with Gasteiger partial charge in [-0.15, -0.1) is 11.6 Å². The van der Waals surface area contributed by atoms with Gasteiger partial charge in [0.15, 0.2) is 11.9 Å². The van der Waals surface area contributed by atoms with Gasteiger partial charge in [-0.3, -0.25) is 0 Å². The molecule has 0 spiro atoms. The first-order valence-corrected chi connectivity index (χ1v) is 12.6. The van der Waals surface area contributed by atoms with Gasteiger partial charge < -0.3 is 15.1 Å². The van der Waals surface area contributed by atoms with Crippen LogP contribution in [0, 0.1) is 0 Å². The number of aliphatic hydroxyl groups excluding tert-OH is 1. The van der Waals surface area contributed by atoms with E-state index in [2.05, 4.69) is 36.4 Å². The SMILES string of the molecule is C=C/C(=C\C=C(/C)CCl)CC.C=NOC(=NCc1cc(Cl)c(O)c(Cl)c1)C(O)C1=CCC=C(Cl)C=C1. The minimum atomic E-state index is -1.14. The number of hydrogen-bond acceptors (Lipinski definition) is 5. The zero-order valence-electron chi connectivity index (χ0n) is 20.2. The fraction of sp³-hybridized carbons (Fsp3) is 0.259. The molecule has 1 atom stereocenters. The molecule has 1 aromatic rings. The molecule has 0 heterocycles. The molecule has 1 aliphatic rings. The quantitative estimate of drug-likeness (QED) is 0.103. The molecule has 36 heavy (non-hydrogen) atoms. The molecule has 0 radical (unpaired) electrons. The largest absolute Gasteiger partial charge is 0.505 e. The van der Waals surface area contributed by atoms with Crippen molar-refractivity contribution in [2.75, 3.05) is 5.88 Å². The number of hydrogen-bond donors (Lipinski definition) is 2. The first-order valence-electron chi connectivity index (χ1n) is 11.0. The van der Waals surface area contributed by atoms with Crippen molar-refractivity contribution in [2.24, 2.45) is 10.1 Å². The summed E-state index contributed by atoms with van der Waals surface area (Å²) in [5.74, 6) is 0.368. The number of allylic oxidation sites excluding steroid dienone is 9. The van der Waals surface area contributed by atoms with Crippen molar-refractivity contribution < 1.29 is 15.1 Å². The lowest BCUT2D eigenvalue weighted by Crippen LogP contribution is -2.23. The normalized spacial score (nSPS) is 15.1. The van der Waals surface area contributed by atoms with E-state index in [1.54, 1.807) is 18.2 Å². The van der Waals surface area contributed by atoms with Gasteiger partial charge in [0.25, 0.3) is 5.90 Å². The van der Waals surface area contributed by atoms with E-state index in [-0.39, 0.29) is 28.2 Å². The van der Waals surface area contributed by atoms with Crippen molar-refractivity contribution in [2.45, 2.75) is 39.3 Å². The second-order valence-electron chi connectivity index (χ2n) is 7.49. The molecule has 0 amide bonds. The summed E-state index contributed by atoms with van der Waals surface area (Å²) in [5, 5.41) is 24.2. The predicted octanol–water partition coefficient (Wildman–Crippen LogP) is 8.29. The molecule has 0 aromatic heterocycles. The van der Waals surface area contributed by atoms with Crippen LogP contribution in [0.1, 0.15) is 32.3 Å². The van der Waals surface area contributed by atoms with E-state index in [0.29, 0.717) is 28.5 Å². The molecule has 2 rings (SSSR count). The number of oxime groups is 1. The highest BCUT2D eigenvalue weighted by molar-refractivity contribution is 6.37. The van der Waals surface area contributed by atoms with E-state index < -0.39 is 6.10 Å². The number of phenolic OH excluding ortho intramolecular Hbond substituents is 1. The highest BCUT2D eigenvalue weighted by atomic mass is 35.5. The van der Waals surface area contributed by atoms with Crippen LogP contribution in [0.2, 0.25) is 10.0 Å². The highest BCUT2D eigenvalue weighted by Gasteiger charge is 2.19. The molecule has 0 bridgehead atoms. The second-order valence-corrected chi connectivity index (χ2v) is 9.01.